The number of nitrogens with one attached hydrogen (secondary N) is 2. The summed E-state index contributed by atoms with van der Waals surface area (Å²) in [6, 6.07) is 79.4. The summed E-state index contributed by atoms with van der Waals surface area (Å²) < 4.78 is 9.13. The van der Waals surface area contributed by atoms with Gasteiger partial charge in [-0.2, -0.15) is 0 Å². The van der Waals surface area contributed by atoms with E-state index in [-0.39, 0.29) is 47.8 Å². The van der Waals surface area contributed by atoms with E-state index < -0.39 is 5.97 Å². The van der Waals surface area contributed by atoms with Gasteiger partial charge in [0.2, 0.25) is 5.91 Å². The number of para-hydroxylation sites is 2. The molecule has 0 bridgehead atoms. The quantitative estimate of drug-likeness (QED) is 0.0424. The third kappa shape index (κ3) is 25.6. The third-order valence-corrected chi connectivity index (χ3v) is 14.5. The maximum absolute atomic E-state index is 12.3. The van der Waals surface area contributed by atoms with Gasteiger partial charge in [-0.1, -0.05) is 246 Å². The fourth-order valence-electron chi connectivity index (χ4n) is 9.29. The molecule has 90 heavy (non-hydrogen) atoms. The number of amides is 1. The van der Waals surface area contributed by atoms with Gasteiger partial charge in [-0.15, -0.1) is 0 Å². The minimum absolute atomic E-state index is 0.00880. The maximum atomic E-state index is 12.3. The van der Waals surface area contributed by atoms with E-state index in [1.807, 2.05) is 203 Å². The summed E-state index contributed by atoms with van der Waals surface area (Å²) in [6.07, 6.45) is 7.27. The summed E-state index contributed by atoms with van der Waals surface area (Å²) >= 11 is 0. The van der Waals surface area contributed by atoms with Gasteiger partial charge in [0.15, 0.2) is 5.78 Å². The normalized spacial score (nSPS) is 11.7. The van der Waals surface area contributed by atoms with Crippen LogP contribution in [0.15, 0.2) is 261 Å². The lowest BCUT2D eigenvalue weighted by molar-refractivity contribution is -0.141. The van der Waals surface area contributed by atoms with E-state index in [1.54, 1.807) is 13.1 Å². The first kappa shape index (κ1) is 70.4. The lowest BCUT2D eigenvalue weighted by Crippen LogP contribution is -2.14. The fraction of sp³-hybridized carbons (Fsp3) is 0.218. The predicted molar refractivity (Wildman–Crippen MR) is 367 cm³/mol. The zero-order valence-electron chi connectivity index (χ0n) is 52.9. The fourth-order valence-corrected chi connectivity index (χ4v) is 9.29. The molecular weight excluding hydrogens is 1120 g/mol. The van der Waals surface area contributed by atoms with E-state index in [0.717, 1.165) is 63.0 Å². The van der Waals surface area contributed by atoms with Crippen molar-refractivity contribution in [2.45, 2.75) is 90.9 Å². The van der Waals surface area contributed by atoms with E-state index in [0.29, 0.717) is 18.8 Å². The molecule has 4 unspecified atom stereocenters. The minimum Gasteiger partial charge on any atom is -0.481 e. The number of benzene rings is 8. The van der Waals surface area contributed by atoms with Crippen molar-refractivity contribution in [1.82, 2.24) is 9.97 Å². The number of allylic oxidation sites excluding steroid dienone is 1. The van der Waals surface area contributed by atoms with Crippen molar-refractivity contribution in [2.75, 3.05) is 31.4 Å². The van der Waals surface area contributed by atoms with Gasteiger partial charge in [0, 0.05) is 47.8 Å². The Morgan fingerprint density at radius 1 is 0.444 bits per heavy atom. The zero-order chi connectivity index (χ0) is 64.9. The van der Waals surface area contributed by atoms with Crippen molar-refractivity contribution in [2.24, 2.45) is 0 Å². The largest absolute Gasteiger partial charge is 0.481 e. The number of aromatic nitrogens is 2. The number of carbonyl (C=O) groups excluding carboxylic acids is 4. The van der Waals surface area contributed by atoms with Crippen LogP contribution in [0.1, 0.15) is 129 Å². The average molecular weight is 1210 g/mol. The molecule has 8 aromatic carbocycles. The van der Waals surface area contributed by atoms with E-state index >= 15 is 0 Å². The first-order chi connectivity index (χ1) is 43.6. The Labute approximate surface area is 531 Å². The monoisotopic (exact) mass is 1200 g/mol. The van der Waals surface area contributed by atoms with Crippen molar-refractivity contribution < 1.29 is 38.6 Å². The van der Waals surface area contributed by atoms with Crippen LogP contribution in [-0.2, 0) is 28.7 Å². The molecular formula is C78H84N4O8. The topological polar surface area (TPSA) is 174 Å². The molecule has 0 spiro atoms. The molecule has 0 fully saturated rings. The van der Waals surface area contributed by atoms with Crippen LogP contribution in [0.25, 0.3) is 27.4 Å². The van der Waals surface area contributed by atoms with Crippen molar-refractivity contribution in [1.29, 1.82) is 0 Å². The number of Topliss-reactive ketones (excluding diaryl/α,β-unsaturated/α-hetero) is 1. The number of aliphatic carboxylic acids is 1. The highest BCUT2D eigenvalue weighted by molar-refractivity contribution is 6.00. The van der Waals surface area contributed by atoms with Gasteiger partial charge < -0.3 is 25.2 Å². The number of hydrogen-bond acceptors (Lipinski definition) is 10. The molecule has 3 N–H and O–H groups in total. The first-order valence-corrected chi connectivity index (χ1v) is 30.1. The van der Waals surface area contributed by atoms with Crippen LogP contribution >= 0.6 is 0 Å². The number of ketones is 1. The van der Waals surface area contributed by atoms with Gasteiger partial charge in [-0.25, -0.2) is 4.79 Å². The van der Waals surface area contributed by atoms with Gasteiger partial charge >= 0.3 is 17.9 Å². The molecule has 10 aromatic rings. The molecule has 12 nitrogen and oxygen atoms in total. The van der Waals surface area contributed by atoms with Gasteiger partial charge in [0.05, 0.1) is 49.5 Å². The van der Waals surface area contributed by atoms with Crippen molar-refractivity contribution in [3.8, 4) is 0 Å². The lowest BCUT2D eigenvalue weighted by Gasteiger charge is -2.14. The Morgan fingerprint density at radius 2 is 0.833 bits per heavy atom. The smallest absolute Gasteiger partial charge is 0.330 e. The third-order valence-electron chi connectivity index (χ3n) is 14.5. The molecule has 0 radical (unpaired) electrons. The molecule has 0 aliphatic carbocycles. The first-order valence-electron chi connectivity index (χ1n) is 30.1. The Balaban J connectivity index is 0.000000202. The number of pyridine rings is 2. The van der Waals surface area contributed by atoms with Crippen molar-refractivity contribution in [3.05, 3.63) is 295 Å². The number of anilines is 2. The molecule has 2 heterocycles. The van der Waals surface area contributed by atoms with Gasteiger partial charge in [-0.05, 0) is 102 Å². The number of rotatable bonds is 18. The van der Waals surface area contributed by atoms with E-state index in [1.165, 1.54) is 42.4 Å². The number of methoxy groups -OCH3 is 2. The Hall–Kier alpha value is -10.3. The van der Waals surface area contributed by atoms with E-state index in [4.69, 9.17) is 5.11 Å². The summed E-state index contributed by atoms with van der Waals surface area (Å²) in [7, 11) is 2.79. The molecule has 0 aliphatic heterocycles. The summed E-state index contributed by atoms with van der Waals surface area (Å²) in [5.41, 5.74) is 11.3. The highest BCUT2D eigenvalue weighted by Crippen LogP contribution is 2.26. The zero-order valence-corrected chi connectivity index (χ0v) is 52.9. The number of fused-ring (bicyclic) bond motifs is 2. The Kier molecular flexibility index (Phi) is 30.9. The molecule has 0 saturated heterocycles. The highest BCUT2D eigenvalue weighted by atomic mass is 16.5. The lowest BCUT2D eigenvalue weighted by atomic mass is 9.97. The molecule has 2 aromatic heterocycles. The van der Waals surface area contributed by atoms with Crippen LogP contribution in [0.2, 0.25) is 0 Å². The summed E-state index contributed by atoms with van der Waals surface area (Å²) in [4.78, 5) is 64.0. The van der Waals surface area contributed by atoms with Crippen LogP contribution in [-0.4, -0.2) is 65.4 Å². The van der Waals surface area contributed by atoms with E-state index in [9.17, 15) is 24.0 Å². The average Bonchev–Trinajstić information content (AvgIpc) is 2.17. The SMILES string of the molecule is CC(=O)c1ccccc1.CC(CC(=O)Nc1cccc2cccnc12)c1ccccc1.CC(CC(=O)O)c1ccccc1.CC(CCNc1cccc2cccnc12)c1ccccc1.COC(=O)/C=C(\C)c1ccccc1.COC(=O)CC(C)c1ccccc1. The molecule has 0 saturated carbocycles. The number of esters is 2. The van der Waals surface area contributed by atoms with Gasteiger partial charge in [0.25, 0.3) is 0 Å². The highest BCUT2D eigenvalue weighted by Gasteiger charge is 2.14. The van der Waals surface area contributed by atoms with Gasteiger partial charge in [0.1, 0.15) is 0 Å². The van der Waals surface area contributed by atoms with Crippen LogP contribution < -0.4 is 10.6 Å². The molecule has 0 aliphatic rings. The minimum atomic E-state index is -0.744. The maximum Gasteiger partial charge on any atom is 0.330 e. The van der Waals surface area contributed by atoms with Crippen molar-refractivity contribution >= 4 is 68.4 Å². The predicted octanol–water partition coefficient (Wildman–Crippen LogP) is 18.0. The number of carboxylic acid groups (broad SMARTS) is 1. The Bertz CT molecular complexity index is 3750. The van der Waals surface area contributed by atoms with Gasteiger partial charge in [-0.3, -0.25) is 29.1 Å². The Morgan fingerprint density at radius 3 is 1.26 bits per heavy atom. The molecule has 10 rings (SSSR count). The van der Waals surface area contributed by atoms with Crippen molar-refractivity contribution in [3.63, 3.8) is 0 Å². The number of ether oxygens (including phenoxy) is 2. The molecule has 12 heteroatoms. The molecule has 464 valence electrons. The van der Waals surface area contributed by atoms with Crippen LogP contribution in [0.3, 0.4) is 0 Å². The second kappa shape index (κ2) is 39.5. The summed E-state index contributed by atoms with van der Waals surface area (Å²) in [5, 5.41) is 17.3. The second-order valence-electron chi connectivity index (χ2n) is 21.5. The number of hydrogen-bond donors (Lipinski definition) is 3. The van der Waals surface area contributed by atoms with Crippen LogP contribution in [0.5, 0.6) is 0 Å². The second-order valence-corrected chi connectivity index (χ2v) is 21.5. The molecule has 4 atom stereocenters. The number of nitrogens with zero attached hydrogens (tertiary/aromatic N) is 2. The number of carbonyl (C=O) groups is 5. The van der Waals surface area contributed by atoms with Crippen LogP contribution in [0, 0.1) is 0 Å². The summed E-state index contributed by atoms with van der Waals surface area (Å²) in [5.74, 6) is -0.0164. The summed E-state index contributed by atoms with van der Waals surface area (Å²) in [6.45, 7) is 12.7. The van der Waals surface area contributed by atoms with E-state index in [2.05, 4.69) is 111 Å². The van der Waals surface area contributed by atoms with Crippen LogP contribution in [0.4, 0.5) is 11.4 Å². The standard InChI is InChI=1S/C19H18N2O.C19H20N2.C11H14O2.C11H12O2.C10H12O2.C8H8O/c1-14(15-7-3-2-4-8-15)13-18(22)21-17-11-5-9-16-10-6-12-20-19(16)17;1-15(16-7-3-2-4-8-16)12-14-20-18-11-5-9-17-10-6-13-21-19(17)18;2*1-9(8-11(12)13-2)10-6-4-3-5-7-10;1-8(7-10(11)12)9-5-3-2-4-6-9;1-7(9)8-5-3-2-4-6-8/h2-12,14H,13H2,1H3,(H,21,22);2-11,13,15,20H,12,14H2,1H3;3-7,9H,8H2,1-2H3;3-8H,1-2H3;2-6,8H,7H2,1H3,(H,11,12);2-6H,1H3/b;;;9-8+;;. The molecule has 1 amide bonds. The number of carboxylic acids is 1.